The summed E-state index contributed by atoms with van der Waals surface area (Å²) < 4.78 is 14.6. The van der Waals surface area contributed by atoms with Crippen molar-refractivity contribution in [2.75, 3.05) is 11.1 Å². The molecule has 1 aliphatic heterocycles. The molecule has 38 heavy (non-hydrogen) atoms. The molecule has 0 spiro atoms. The van der Waals surface area contributed by atoms with E-state index in [4.69, 9.17) is 5.10 Å². The lowest BCUT2D eigenvalue weighted by Crippen LogP contribution is -2.28. The molecule has 6 rings (SSSR count). The van der Waals surface area contributed by atoms with E-state index in [2.05, 4.69) is 45.8 Å². The van der Waals surface area contributed by atoms with Crippen molar-refractivity contribution in [3.05, 3.63) is 114 Å². The third-order valence-electron chi connectivity index (χ3n) is 6.27. The Morgan fingerprint density at radius 2 is 1.71 bits per heavy atom. The van der Waals surface area contributed by atoms with Gasteiger partial charge in [-0.05, 0) is 40.1 Å². The van der Waals surface area contributed by atoms with Gasteiger partial charge in [0.1, 0.15) is 5.82 Å². The number of carbonyl (C=O) groups is 1. The molecule has 0 aliphatic carbocycles. The Morgan fingerprint density at radius 3 is 2.55 bits per heavy atom. The van der Waals surface area contributed by atoms with Gasteiger partial charge in [-0.25, -0.2) is 9.40 Å². The highest BCUT2D eigenvalue weighted by molar-refractivity contribution is 8.01. The lowest BCUT2D eigenvalue weighted by Gasteiger charge is -2.21. The number of anilines is 2. The van der Waals surface area contributed by atoms with Crippen LogP contribution in [0.2, 0.25) is 0 Å². The van der Waals surface area contributed by atoms with Crippen LogP contribution in [0, 0.1) is 5.82 Å². The van der Waals surface area contributed by atoms with Crippen molar-refractivity contribution >= 4 is 56.3 Å². The summed E-state index contributed by atoms with van der Waals surface area (Å²) >= 11 is 2.57. The van der Waals surface area contributed by atoms with E-state index in [1.54, 1.807) is 23.2 Å². The maximum absolute atomic E-state index is 13.9. The number of amides is 1. The van der Waals surface area contributed by atoms with Gasteiger partial charge < -0.3 is 5.32 Å². The first-order chi connectivity index (χ1) is 18.6. The third kappa shape index (κ3) is 5.16. The first-order valence-electron chi connectivity index (χ1n) is 12.1. The van der Waals surface area contributed by atoms with E-state index in [1.807, 2.05) is 42.5 Å². The number of hydrogen-bond acceptors (Lipinski definition) is 7. The molecule has 2 heterocycles. The highest BCUT2D eigenvalue weighted by atomic mass is 32.2. The van der Waals surface area contributed by atoms with E-state index in [-0.39, 0.29) is 23.5 Å². The zero-order chi connectivity index (χ0) is 25.9. The maximum Gasteiger partial charge on any atom is 0.253 e. The fraction of sp³-hybridized carbons (Fsp3) is 0.103. The van der Waals surface area contributed by atoms with Crippen molar-refractivity contribution in [2.24, 2.45) is 5.10 Å². The average Bonchev–Trinajstić information content (AvgIpc) is 3.61. The van der Waals surface area contributed by atoms with Gasteiger partial charge in [-0.3, -0.25) is 4.79 Å². The minimum Gasteiger partial charge on any atom is -0.328 e. The van der Waals surface area contributed by atoms with Crippen molar-refractivity contribution < 1.29 is 9.18 Å². The fourth-order valence-electron chi connectivity index (χ4n) is 4.40. The molecule has 6 nitrogen and oxygen atoms in total. The number of aromatic nitrogens is 2. The highest BCUT2D eigenvalue weighted by Gasteiger charge is 2.33. The van der Waals surface area contributed by atoms with Gasteiger partial charge in [0.05, 0.1) is 23.2 Å². The quantitative estimate of drug-likeness (QED) is 0.225. The van der Waals surface area contributed by atoms with Crippen LogP contribution in [0.15, 0.2) is 107 Å². The van der Waals surface area contributed by atoms with Crippen LogP contribution in [-0.4, -0.2) is 32.6 Å². The van der Waals surface area contributed by atoms with E-state index >= 15 is 0 Å². The second-order valence-corrected chi connectivity index (χ2v) is 10.9. The van der Waals surface area contributed by atoms with E-state index in [0.29, 0.717) is 21.6 Å². The van der Waals surface area contributed by atoms with Gasteiger partial charge in [-0.15, -0.1) is 10.2 Å². The summed E-state index contributed by atoms with van der Waals surface area (Å²) in [6.07, 6.45) is 0.633. The number of hydrogen-bond donors (Lipinski definition) is 1. The molecule has 1 atom stereocenters. The second-order valence-electron chi connectivity index (χ2n) is 8.74. The molecule has 0 saturated carbocycles. The Labute approximate surface area is 227 Å². The third-order valence-corrected chi connectivity index (χ3v) is 8.23. The van der Waals surface area contributed by atoms with Crippen LogP contribution < -0.4 is 5.32 Å². The minimum absolute atomic E-state index is 0.113. The summed E-state index contributed by atoms with van der Waals surface area (Å²) in [5, 5.41) is 20.4. The molecule has 1 amide bonds. The van der Waals surface area contributed by atoms with Crippen LogP contribution >= 0.6 is 23.1 Å². The fourth-order valence-corrected chi connectivity index (χ4v) is 6.02. The molecule has 5 aromatic rings. The van der Waals surface area contributed by atoms with Gasteiger partial charge in [-0.2, -0.15) is 5.10 Å². The average molecular weight is 540 g/mol. The monoisotopic (exact) mass is 539 g/mol. The van der Waals surface area contributed by atoms with Gasteiger partial charge in [0, 0.05) is 6.42 Å². The van der Waals surface area contributed by atoms with Crippen molar-refractivity contribution in [3.63, 3.8) is 0 Å². The molecule has 1 N–H and O–H groups in total. The van der Waals surface area contributed by atoms with Crippen LogP contribution in [0.25, 0.3) is 10.8 Å². The Bertz CT molecular complexity index is 1640. The molecular formula is C29H22FN5OS2. The lowest BCUT2D eigenvalue weighted by atomic mass is 9.97. The predicted molar refractivity (Wildman–Crippen MR) is 151 cm³/mol. The SMILES string of the molecule is O=C(CSc1nnc(Nc2ccccc2F)s1)N1N=C(c2ccc3ccccc3c2)C[C@@H]1c1ccccc1. The second kappa shape index (κ2) is 10.7. The van der Waals surface area contributed by atoms with Gasteiger partial charge in [-0.1, -0.05) is 102 Å². The molecule has 0 saturated heterocycles. The number of carbonyl (C=O) groups excluding carboxylic acids is 1. The number of fused-ring (bicyclic) bond motifs is 1. The molecule has 1 aliphatic rings. The summed E-state index contributed by atoms with van der Waals surface area (Å²) in [5.41, 5.74) is 3.27. The number of hydrazone groups is 1. The zero-order valence-electron chi connectivity index (χ0n) is 20.1. The van der Waals surface area contributed by atoms with Crippen LogP contribution in [0.5, 0.6) is 0 Å². The summed E-state index contributed by atoms with van der Waals surface area (Å²) in [6.45, 7) is 0. The number of rotatable bonds is 7. The molecule has 0 unspecified atom stereocenters. The van der Waals surface area contributed by atoms with E-state index in [0.717, 1.165) is 22.2 Å². The van der Waals surface area contributed by atoms with Crippen molar-refractivity contribution in [3.8, 4) is 0 Å². The normalized spacial score (nSPS) is 15.0. The smallest absolute Gasteiger partial charge is 0.253 e. The molecule has 0 radical (unpaired) electrons. The largest absolute Gasteiger partial charge is 0.328 e. The topological polar surface area (TPSA) is 70.5 Å². The number of benzene rings is 4. The van der Waals surface area contributed by atoms with Crippen LogP contribution in [0.1, 0.15) is 23.6 Å². The van der Waals surface area contributed by atoms with E-state index in [9.17, 15) is 9.18 Å². The van der Waals surface area contributed by atoms with Crippen LogP contribution in [0.3, 0.4) is 0 Å². The molecule has 9 heteroatoms. The Morgan fingerprint density at radius 1 is 0.947 bits per heavy atom. The summed E-state index contributed by atoms with van der Waals surface area (Å²) in [7, 11) is 0. The van der Waals surface area contributed by atoms with Gasteiger partial charge in [0.15, 0.2) is 4.34 Å². The Hall–Kier alpha value is -4.08. The number of nitrogens with zero attached hydrogens (tertiary/aromatic N) is 4. The predicted octanol–water partition coefficient (Wildman–Crippen LogP) is 7.04. The van der Waals surface area contributed by atoms with Crippen LogP contribution in [0.4, 0.5) is 15.2 Å². The first-order valence-corrected chi connectivity index (χ1v) is 13.9. The number of thioether (sulfide) groups is 1. The van der Waals surface area contributed by atoms with Gasteiger partial charge >= 0.3 is 0 Å². The van der Waals surface area contributed by atoms with Crippen molar-refractivity contribution in [1.29, 1.82) is 0 Å². The summed E-state index contributed by atoms with van der Waals surface area (Å²) in [4.78, 5) is 13.4. The highest BCUT2D eigenvalue weighted by Crippen LogP contribution is 2.35. The molecule has 4 aromatic carbocycles. The van der Waals surface area contributed by atoms with Crippen LogP contribution in [-0.2, 0) is 4.79 Å². The molecule has 1 aromatic heterocycles. The first kappa shape index (κ1) is 24.3. The molecule has 188 valence electrons. The standard InChI is InChI=1S/C29H22FN5OS2/c30-23-12-6-7-13-24(23)31-28-32-33-29(38-28)37-18-27(36)35-26(20-9-2-1-3-10-20)17-25(34-35)22-15-14-19-8-4-5-11-21(19)16-22/h1-16,26H,17-18H2,(H,31,32)/t26-/m1/s1. The molecule has 0 fully saturated rings. The number of nitrogens with one attached hydrogen (secondary N) is 1. The number of halogens is 1. The zero-order valence-corrected chi connectivity index (χ0v) is 21.8. The maximum atomic E-state index is 13.9. The van der Waals surface area contributed by atoms with E-state index < -0.39 is 0 Å². The number of para-hydroxylation sites is 1. The van der Waals surface area contributed by atoms with Gasteiger partial charge in [0.2, 0.25) is 5.13 Å². The Balaban J connectivity index is 1.20. The van der Waals surface area contributed by atoms with Crippen molar-refractivity contribution in [1.82, 2.24) is 15.2 Å². The molecular weight excluding hydrogens is 517 g/mol. The molecule has 0 bridgehead atoms. The Kier molecular flexibility index (Phi) is 6.85. The minimum atomic E-state index is -0.367. The van der Waals surface area contributed by atoms with Crippen molar-refractivity contribution in [2.45, 2.75) is 16.8 Å². The van der Waals surface area contributed by atoms with Gasteiger partial charge in [0.25, 0.3) is 5.91 Å². The summed E-state index contributed by atoms with van der Waals surface area (Å²) in [6, 6.07) is 30.7. The van der Waals surface area contributed by atoms with E-state index in [1.165, 1.54) is 34.6 Å². The summed E-state index contributed by atoms with van der Waals surface area (Å²) in [5.74, 6) is -0.321. The lowest BCUT2D eigenvalue weighted by molar-refractivity contribution is -0.130.